The summed E-state index contributed by atoms with van der Waals surface area (Å²) in [6, 6.07) is 0. The fourth-order valence-electron chi connectivity index (χ4n) is 3.58. The average Bonchev–Trinajstić information content (AvgIpc) is 2.41. The van der Waals surface area contributed by atoms with Crippen molar-refractivity contribution in [3.63, 3.8) is 0 Å². The molecule has 0 aromatic heterocycles. The first-order chi connectivity index (χ1) is 9.98. The Morgan fingerprint density at radius 3 is 2.36 bits per heavy atom. The number of rotatable bonds is 3. The maximum atomic E-state index is 12.7. The number of allylic oxidation sites excluding steroid dienone is 1. The molecule has 0 aromatic rings. The second-order valence-corrected chi connectivity index (χ2v) is 8.24. The Morgan fingerprint density at radius 1 is 1.32 bits per heavy atom. The molecule has 0 aromatic carbocycles. The van der Waals surface area contributed by atoms with Gasteiger partial charge in [0.15, 0.2) is 11.4 Å². The average molecular weight is 306 g/mol. The molecule has 2 aliphatic rings. The minimum absolute atomic E-state index is 0.260. The molecule has 0 radical (unpaired) electrons. The van der Waals surface area contributed by atoms with Gasteiger partial charge >= 0.3 is 0 Å². The third-order valence-electron chi connectivity index (χ3n) is 4.85. The van der Waals surface area contributed by atoms with Gasteiger partial charge in [0.1, 0.15) is 5.60 Å². The van der Waals surface area contributed by atoms with Crippen molar-refractivity contribution in [1.29, 1.82) is 0 Å². The summed E-state index contributed by atoms with van der Waals surface area (Å²) < 4.78 is 5.75. The van der Waals surface area contributed by atoms with Crippen molar-refractivity contribution in [3.8, 4) is 0 Å². The standard InChI is InChI=1S/C19H30O3/c1-11(2)14-9-8-12(3)10-15(14)19(21)13(4)16(17(19)20)22-18(5,6)7/h10-12,14,21H,8-9H2,1-7H3. The quantitative estimate of drug-likeness (QED) is 0.801. The summed E-state index contributed by atoms with van der Waals surface area (Å²) in [5.74, 6) is 1.15. The highest BCUT2D eigenvalue weighted by Crippen LogP contribution is 2.49. The minimum atomic E-state index is -1.44. The minimum Gasteiger partial charge on any atom is -0.484 e. The molecule has 124 valence electrons. The summed E-state index contributed by atoms with van der Waals surface area (Å²) in [7, 11) is 0. The number of carbonyl (C=O) groups is 1. The summed E-state index contributed by atoms with van der Waals surface area (Å²) in [6.45, 7) is 14.0. The van der Waals surface area contributed by atoms with Crippen LogP contribution in [0.5, 0.6) is 0 Å². The van der Waals surface area contributed by atoms with Crippen LogP contribution in [0.25, 0.3) is 0 Å². The van der Waals surface area contributed by atoms with Crippen molar-refractivity contribution in [3.05, 3.63) is 23.0 Å². The maximum absolute atomic E-state index is 12.7. The number of ether oxygens (including phenoxy) is 1. The van der Waals surface area contributed by atoms with Gasteiger partial charge in [-0.05, 0) is 63.9 Å². The van der Waals surface area contributed by atoms with Crippen molar-refractivity contribution >= 4 is 5.78 Å². The van der Waals surface area contributed by atoms with Crippen LogP contribution in [0.1, 0.15) is 61.3 Å². The third-order valence-corrected chi connectivity index (χ3v) is 4.85. The first-order valence-corrected chi connectivity index (χ1v) is 8.38. The second-order valence-electron chi connectivity index (χ2n) is 8.24. The van der Waals surface area contributed by atoms with Crippen molar-refractivity contribution in [1.82, 2.24) is 0 Å². The molecule has 3 unspecified atom stereocenters. The third kappa shape index (κ3) is 2.76. The Balaban J connectivity index is 2.41. The van der Waals surface area contributed by atoms with E-state index in [1.54, 1.807) is 0 Å². The van der Waals surface area contributed by atoms with E-state index in [0.29, 0.717) is 23.2 Å². The number of Topliss-reactive ketones (excluding diaryl/α,β-unsaturated/α-hetero) is 1. The number of ketones is 1. The first-order valence-electron chi connectivity index (χ1n) is 8.38. The first kappa shape index (κ1) is 17.3. The lowest BCUT2D eigenvalue weighted by molar-refractivity contribution is -0.140. The van der Waals surface area contributed by atoms with Gasteiger partial charge in [-0.1, -0.05) is 26.8 Å². The second kappa shape index (κ2) is 5.52. The lowest BCUT2D eigenvalue weighted by Gasteiger charge is -2.46. The monoisotopic (exact) mass is 306 g/mol. The van der Waals surface area contributed by atoms with Gasteiger partial charge in [-0.15, -0.1) is 0 Å². The van der Waals surface area contributed by atoms with Crippen LogP contribution in [0.15, 0.2) is 23.0 Å². The molecule has 0 heterocycles. The van der Waals surface area contributed by atoms with Crippen molar-refractivity contribution in [2.45, 2.75) is 72.5 Å². The molecule has 2 aliphatic carbocycles. The number of aliphatic hydroxyl groups is 1. The summed E-state index contributed by atoms with van der Waals surface area (Å²) >= 11 is 0. The van der Waals surface area contributed by atoms with E-state index in [4.69, 9.17) is 4.74 Å². The van der Waals surface area contributed by atoms with Crippen LogP contribution in [0, 0.1) is 17.8 Å². The molecule has 22 heavy (non-hydrogen) atoms. The topological polar surface area (TPSA) is 46.5 Å². The SMILES string of the molecule is CC1=C(OC(C)(C)C)C(=O)C1(O)C1=CC(C)CCC1C(C)C. The predicted octanol–water partition coefficient (Wildman–Crippen LogP) is 4.02. The van der Waals surface area contributed by atoms with Crippen molar-refractivity contribution in [2.24, 2.45) is 17.8 Å². The largest absolute Gasteiger partial charge is 0.484 e. The Kier molecular flexibility index (Phi) is 4.33. The van der Waals surface area contributed by atoms with E-state index >= 15 is 0 Å². The van der Waals surface area contributed by atoms with Crippen LogP contribution >= 0.6 is 0 Å². The van der Waals surface area contributed by atoms with Crippen molar-refractivity contribution < 1.29 is 14.6 Å². The number of carbonyl (C=O) groups excluding carboxylic acids is 1. The summed E-state index contributed by atoms with van der Waals surface area (Å²) in [5.41, 5.74) is -0.313. The van der Waals surface area contributed by atoms with Gasteiger partial charge in [-0.25, -0.2) is 0 Å². The van der Waals surface area contributed by atoms with E-state index in [-0.39, 0.29) is 11.7 Å². The molecule has 3 heteroatoms. The van der Waals surface area contributed by atoms with Crippen LogP contribution in [0.4, 0.5) is 0 Å². The highest BCUT2D eigenvalue weighted by molar-refractivity contribution is 6.13. The Bertz CT molecular complexity index is 533. The summed E-state index contributed by atoms with van der Waals surface area (Å²) in [5, 5.41) is 11.1. The molecular formula is C19H30O3. The molecule has 0 saturated heterocycles. The lowest BCUT2D eigenvalue weighted by atomic mass is 9.63. The van der Waals surface area contributed by atoms with E-state index in [1.165, 1.54) is 0 Å². The van der Waals surface area contributed by atoms with Gasteiger partial charge in [0.25, 0.3) is 0 Å². The van der Waals surface area contributed by atoms with Crippen LogP contribution in [0.2, 0.25) is 0 Å². The smallest absolute Gasteiger partial charge is 0.237 e. The van der Waals surface area contributed by atoms with Gasteiger partial charge < -0.3 is 9.84 Å². The predicted molar refractivity (Wildman–Crippen MR) is 88.3 cm³/mol. The fraction of sp³-hybridized carbons (Fsp3) is 0.737. The molecule has 3 nitrogen and oxygen atoms in total. The summed E-state index contributed by atoms with van der Waals surface area (Å²) in [4.78, 5) is 12.7. The Hall–Kier alpha value is -1.09. The zero-order valence-corrected chi connectivity index (χ0v) is 15.0. The molecular weight excluding hydrogens is 276 g/mol. The molecule has 2 rings (SSSR count). The van der Waals surface area contributed by atoms with Crippen LogP contribution in [0.3, 0.4) is 0 Å². The van der Waals surface area contributed by atoms with E-state index in [9.17, 15) is 9.90 Å². The van der Waals surface area contributed by atoms with Gasteiger partial charge in [-0.2, -0.15) is 0 Å². The highest BCUT2D eigenvalue weighted by Gasteiger charge is 2.57. The van der Waals surface area contributed by atoms with E-state index in [0.717, 1.165) is 18.4 Å². The van der Waals surface area contributed by atoms with Crippen molar-refractivity contribution in [2.75, 3.05) is 0 Å². The van der Waals surface area contributed by atoms with Gasteiger partial charge in [-0.3, -0.25) is 4.79 Å². The maximum Gasteiger partial charge on any atom is 0.237 e. The zero-order chi connectivity index (χ0) is 16.9. The Morgan fingerprint density at radius 2 is 1.91 bits per heavy atom. The molecule has 0 aliphatic heterocycles. The molecule has 0 saturated carbocycles. The summed E-state index contributed by atoms with van der Waals surface area (Å²) in [6.07, 6.45) is 4.26. The van der Waals surface area contributed by atoms with Gasteiger partial charge in [0.2, 0.25) is 5.78 Å². The number of hydrogen-bond donors (Lipinski definition) is 1. The molecule has 0 amide bonds. The van der Waals surface area contributed by atoms with Gasteiger partial charge in [0.05, 0.1) is 0 Å². The van der Waals surface area contributed by atoms with E-state index < -0.39 is 11.2 Å². The van der Waals surface area contributed by atoms with E-state index in [2.05, 4.69) is 26.8 Å². The molecule has 3 atom stereocenters. The zero-order valence-electron chi connectivity index (χ0n) is 15.0. The van der Waals surface area contributed by atoms with Crippen LogP contribution in [-0.2, 0) is 9.53 Å². The Labute approximate surface area is 134 Å². The molecule has 1 N–H and O–H groups in total. The fourth-order valence-corrected chi connectivity index (χ4v) is 3.58. The number of hydrogen-bond acceptors (Lipinski definition) is 3. The molecule has 0 spiro atoms. The van der Waals surface area contributed by atoms with Crippen LogP contribution < -0.4 is 0 Å². The normalized spacial score (nSPS) is 33.0. The molecule has 0 fully saturated rings. The highest BCUT2D eigenvalue weighted by atomic mass is 16.5. The van der Waals surface area contributed by atoms with E-state index in [1.807, 2.05) is 27.7 Å². The van der Waals surface area contributed by atoms with Crippen LogP contribution in [-0.4, -0.2) is 22.1 Å². The molecule has 0 bridgehead atoms. The van der Waals surface area contributed by atoms with Gasteiger partial charge in [0, 0.05) is 5.57 Å². The lowest BCUT2D eigenvalue weighted by Crippen LogP contribution is -2.55.